The fraction of sp³-hybridized carbons (Fsp3) is 0.0667. The predicted octanol–water partition coefficient (Wildman–Crippen LogP) is 2.32. The van der Waals surface area contributed by atoms with Crippen LogP contribution in [0.4, 0.5) is 5.69 Å². The maximum absolute atomic E-state index is 8.98. The van der Waals surface area contributed by atoms with Gasteiger partial charge in [-0.05, 0) is 23.8 Å². The van der Waals surface area contributed by atoms with E-state index in [2.05, 4.69) is 10.4 Å². The summed E-state index contributed by atoms with van der Waals surface area (Å²) in [7, 11) is 1.85. The van der Waals surface area contributed by atoms with Crippen molar-refractivity contribution in [1.29, 1.82) is 15.8 Å². The molecule has 100 valence electrons. The lowest BCUT2D eigenvalue weighted by molar-refractivity contribution is 0.776. The lowest BCUT2D eigenvalue weighted by Gasteiger charge is -2.06. The van der Waals surface area contributed by atoms with Crippen LogP contribution in [0.1, 0.15) is 0 Å². The van der Waals surface area contributed by atoms with E-state index < -0.39 is 0 Å². The molecule has 0 unspecified atom stereocenters. The molecule has 21 heavy (non-hydrogen) atoms. The number of aromatic nitrogens is 2. The van der Waals surface area contributed by atoms with Crippen LogP contribution in [-0.2, 0) is 7.05 Å². The Balaban J connectivity index is 2.28. The lowest BCUT2D eigenvalue weighted by atomic mass is 10.1. The summed E-state index contributed by atoms with van der Waals surface area (Å²) in [4.78, 5) is 0. The summed E-state index contributed by atoms with van der Waals surface area (Å²) in [5, 5.41) is 33.4. The van der Waals surface area contributed by atoms with Crippen molar-refractivity contribution >= 4 is 5.69 Å². The van der Waals surface area contributed by atoms with Gasteiger partial charge in [0.15, 0.2) is 5.57 Å². The molecule has 6 nitrogen and oxygen atoms in total. The molecule has 0 bridgehead atoms. The number of hydrogen-bond acceptors (Lipinski definition) is 5. The third-order valence-corrected chi connectivity index (χ3v) is 2.86. The Morgan fingerprint density at radius 3 is 2.19 bits per heavy atom. The molecule has 1 aromatic carbocycles. The molecule has 0 saturated heterocycles. The first-order valence-corrected chi connectivity index (χ1v) is 5.99. The largest absolute Gasteiger partial charge is 0.345 e. The molecule has 6 heteroatoms. The van der Waals surface area contributed by atoms with E-state index in [0.29, 0.717) is 5.69 Å². The highest BCUT2D eigenvalue weighted by Crippen LogP contribution is 2.21. The SMILES string of the molecule is Cn1nccc1-c1ccc(NC(C#N)=C(C#N)C#N)cc1. The number of benzene rings is 1. The van der Waals surface area contributed by atoms with Crippen molar-refractivity contribution in [2.45, 2.75) is 0 Å². The van der Waals surface area contributed by atoms with Gasteiger partial charge in [0, 0.05) is 18.9 Å². The normalized spacial score (nSPS) is 9.05. The number of anilines is 1. The average molecular weight is 274 g/mol. The van der Waals surface area contributed by atoms with Gasteiger partial charge in [-0.25, -0.2) is 0 Å². The first kappa shape index (κ1) is 13.9. The van der Waals surface area contributed by atoms with E-state index in [1.54, 1.807) is 35.1 Å². The second-order valence-electron chi connectivity index (χ2n) is 4.13. The van der Waals surface area contributed by atoms with Crippen LogP contribution in [0.15, 0.2) is 47.8 Å². The minimum absolute atomic E-state index is 0.0618. The molecule has 0 amide bonds. The number of rotatable bonds is 3. The molecule has 0 spiro atoms. The van der Waals surface area contributed by atoms with Gasteiger partial charge < -0.3 is 5.32 Å². The van der Waals surface area contributed by atoms with Gasteiger partial charge in [-0.15, -0.1) is 0 Å². The highest BCUT2D eigenvalue weighted by Gasteiger charge is 2.07. The summed E-state index contributed by atoms with van der Waals surface area (Å²) < 4.78 is 1.76. The minimum atomic E-state index is -0.242. The highest BCUT2D eigenvalue weighted by molar-refractivity contribution is 5.65. The molecule has 1 N–H and O–H groups in total. The Bertz CT molecular complexity index is 790. The van der Waals surface area contributed by atoms with Gasteiger partial charge >= 0.3 is 0 Å². The number of allylic oxidation sites excluding steroid dienone is 2. The maximum Gasteiger partial charge on any atom is 0.163 e. The smallest absolute Gasteiger partial charge is 0.163 e. The zero-order valence-electron chi connectivity index (χ0n) is 11.2. The minimum Gasteiger partial charge on any atom is -0.345 e. The van der Waals surface area contributed by atoms with Gasteiger partial charge in [0.25, 0.3) is 0 Å². The number of nitrogens with zero attached hydrogens (tertiary/aromatic N) is 5. The molecule has 2 aromatic rings. The third-order valence-electron chi connectivity index (χ3n) is 2.86. The van der Waals surface area contributed by atoms with Crippen molar-refractivity contribution in [3.63, 3.8) is 0 Å². The summed E-state index contributed by atoms with van der Waals surface area (Å²) in [5.74, 6) is 0. The van der Waals surface area contributed by atoms with Crippen LogP contribution in [0.5, 0.6) is 0 Å². The molecule has 0 saturated carbocycles. The highest BCUT2D eigenvalue weighted by atomic mass is 15.3. The van der Waals surface area contributed by atoms with Crippen molar-refractivity contribution in [1.82, 2.24) is 9.78 Å². The molecule has 0 radical (unpaired) electrons. The predicted molar refractivity (Wildman–Crippen MR) is 76.1 cm³/mol. The van der Waals surface area contributed by atoms with E-state index in [4.69, 9.17) is 15.8 Å². The van der Waals surface area contributed by atoms with Gasteiger partial charge in [-0.3, -0.25) is 4.68 Å². The van der Waals surface area contributed by atoms with Crippen molar-refractivity contribution < 1.29 is 0 Å². The van der Waals surface area contributed by atoms with Crippen molar-refractivity contribution in [2.75, 3.05) is 5.32 Å². The maximum atomic E-state index is 8.98. The van der Waals surface area contributed by atoms with E-state index >= 15 is 0 Å². The first-order chi connectivity index (χ1) is 10.2. The monoisotopic (exact) mass is 274 g/mol. The number of aryl methyl sites for hydroxylation is 1. The van der Waals surface area contributed by atoms with Gasteiger partial charge in [0.2, 0.25) is 0 Å². The first-order valence-electron chi connectivity index (χ1n) is 5.99. The van der Waals surface area contributed by atoms with Crippen molar-refractivity contribution in [3.05, 3.63) is 47.8 Å². The summed E-state index contributed by atoms with van der Waals surface area (Å²) >= 11 is 0. The number of hydrogen-bond donors (Lipinski definition) is 1. The second kappa shape index (κ2) is 6.06. The van der Waals surface area contributed by atoms with Gasteiger partial charge in [0.1, 0.15) is 23.9 Å². The quantitative estimate of drug-likeness (QED) is 0.865. The molecule has 0 aliphatic carbocycles. The molecule has 1 heterocycles. The van der Waals surface area contributed by atoms with Crippen LogP contribution in [0, 0.1) is 34.0 Å². The molecule has 0 atom stereocenters. The van der Waals surface area contributed by atoms with E-state index in [-0.39, 0.29) is 11.3 Å². The number of nitrogens with one attached hydrogen (secondary N) is 1. The van der Waals surface area contributed by atoms with Crippen molar-refractivity contribution in [2.24, 2.45) is 7.05 Å². The van der Waals surface area contributed by atoms with Gasteiger partial charge in [0.05, 0.1) is 5.69 Å². The Hall–Kier alpha value is -3.56. The topological polar surface area (TPSA) is 101 Å². The van der Waals surface area contributed by atoms with Crippen molar-refractivity contribution in [3.8, 4) is 29.5 Å². The van der Waals surface area contributed by atoms with Crippen LogP contribution in [0.25, 0.3) is 11.3 Å². The third kappa shape index (κ3) is 2.89. The Kier molecular flexibility index (Phi) is 4.00. The van der Waals surface area contributed by atoms with E-state index in [1.807, 2.05) is 31.3 Å². The van der Waals surface area contributed by atoms with Gasteiger partial charge in [-0.1, -0.05) is 12.1 Å². The Morgan fingerprint density at radius 2 is 1.71 bits per heavy atom. The molecule has 0 aliphatic heterocycles. The summed E-state index contributed by atoms with van der Waals surface area (Å²) in [6.45, 7) is 0. The molecule has 2 rings (SSSR count). The summed E-state index contributed by atoms with van der Waals surface area (Å²) in [5.41, 5.74) is 2.26. The molecule has 0 aliphatic rings. The molecule has 0 fully saturated rings. The Labute approximate surface area is 121 Å². The van der Waals surface area contributed by atoms with Crippen LogP contribution >= 0.6 is 0 Å². The summed E-state index contributed by atoms with van der Waals surface area (Å²) in [6, 6.07) is 14.4. The van der Waals surface area contributed by atoms with Crippen LogP contribution < -0.4 is 5.32 Å². The zero-order chi connectivity index (χ0) is 15.2. The fourth-order valence-corrected chi connectivity index (χ4v) is 1.81. The fourth-order valence-electron chi connectivity index (χ4n) is 1.81. The molecular formula is C15H10N6. The average Bonchev–Trinajstić information content (AvgIpc) is 2.94. The standard InChI is InChI=1S/C15H10N6/c1-21-15(6-7-19-21)11-2-4-13(5-3-11)20-14(10-18)12(8-16)9-17/h2-7,20H,1H3. The van der Waals surface area contributed by atoms with Crippen LogP contribution in [0.3, 0.4) is 0 Å². The number of nitriles is 3. The Morgan fingerprint density at radius 1 is 1.05 bits per heavy atom. The molecule has 1 aromatic heterocycles. The van der Waals surface area contributed by atoms with Crippen LogP contribution in [-0.4, -0.2) is 9.78 Å². The van der Waals surface area contributed by atoms with E-state index in [0.717, 1.165) is 11.3 Å². The lowest BCUT2D eigenvalue weighted by Crippen LogP contribution is -2.00. The van der Waals surface area contributed by atoms with Crippen LogP contribution in [0.2, 0.25) is 0 Å². The van der Waals surface area contributed by atoms with E-state index in [9.17, 15) is 0 Å². The van der Waals surface area contributed by atoms with Gasteiger partial charge in [-0.2, -0.15) is 20.9 Å². The van der Waals surface area contributed by atoms with E-state index in [1.165, 1.54) is 0 Å². The zero-order valence-corrected chi connectivity index (χ0v) is 11.2. The second-order valence-corrected chi connectivity index (χ2v) is 4.13. The summed E-state index contributed by atoms with van der Waals surface area (Å²) in [6.07, 6.45) is 1.71. The molecular weight excluding hydrogens is 264 g/mol.